The van der Waals surface area contributed by atoms with E-state index >= 15 is 0 Å². The minimum Gasteiger partial charge on any atom is -0.461 e. The fraction of sp³-hybridized carbons (Fsp3) is 0.478. The van der Waals surface area contributed by atoms with Gasteiger partial charge >= 0.3 is 5.97 Å². The Balaban J connectivity index is 2.48. The first-order valence-electron chi connectivity index (χ1n) is 10.5. The molecule has 170 valence electrons. The van der Waals surface area contributed by atoms with Crippen LogP contribution >= 0.6 is 0 Å². The van der Waals surface area contributed by atoms with Crippen LogP contribution in [0.15, 0.2) is 35.2 Å². The van der Waals surface area contributed by atoms with Crippen molar-refractivity contribution in [1.82, 2.24) is 8.87 Å². The molecule has 2 rings (SSSR count). The van der Waals surface area contributed by atoms with Crippen molar-refractivity contribution >= 4 is 21.8 Å². The highest BCUT2D eigenvalue weighted by Gasteiger charge is 2.31. The molecule has 0 bridgehead atoms. The highest BCUT2D eigenvalue weighted by molar-refractivity contribution is 7.89. The molecule has 0 aliphatic heterocycles. The van der Waals surface area contributed by atoms with E-state index in [4.69, 9.17) is 4.74 Å². The lowest BCUT2D eigenvalue weighted by Gasteiger charge is -2.23. The van der Waals surface area contributed by atoms with Crippen LogP contribution in [0.25, 0.3) is 0 Å². The number of ketones is 1. The number of ether oxygens (including phenoxy) is 1. The van der Waals surface area contributed by atoms with Crippen LogP contribution in [-0.4, -0.2) is 48.7 Å². The van der Waals surface area contributed by atoms with Crippen LogP contribution in [0.3, 0.4) is 0 Å². The van der Waals surface area contributed by atoms with Gasteiger partial charge in [-0.25, -0.2) is 13.2 Å². The van der Waals surface area contributed by atoms with Crippen molar-refractivity contribution in [2.45, 2.75) is 53.0 Å². The molecular weight excluding hydrogens is 416 g/mol. The highest BCUT2D eigenvalue weighted by atomic mass is 32.2. The lowest BCUT2D eigenvalue weighted by Crippen LogP contribution is -2.38. The largest absolute Gasteiger partial charge is 0.461 e. The maximum absolute atomic E-state index is 13.3. The number of rotatable bonds is 10. The molecule has 0 amide bonds. The van der Waals surface area contributed by atoms with Crippen molar-refractivity contribution in [2.75, 3.05) is 19.7 Å². The molecule has 1 aromatic heterocycles. The van der Waals surface area contributed by atoms with Gasteiger partial charge in [0.15, 0.2) is 5.78 Å². The number of carbonyl (C=O) groups excluding carboxylic acids is 2. The second-order valence-electron chi connectivity index (χ2n) is 7.83. The molecule has 0 unspecified atom stereocenters. The Bertz CT molecular complexity index is 1040. The number of esters is 1. The Kier molecular flexibility index (Phi) is 8.20. The van der Waals surface area contributed by atoms with Crippen LogP contribution in [0.1, 0.15) is 59.8 Å². The topological polar surface area (TPSA) is 85.7 Å². The first kappa shape index (κ1) is 24.8. The third-order valence-corrected chi connectivity index (χ3v) is 6.93. The van der Waals surface area contributed by atoms with E-state index in [1.54, 1.807) is 43.5 Å². The monoisotopic (exact) mass is 448 g/mol. The molecule has 1 aromatic carbocycles. The Morgan fingerprint density at radius 2 is 1.71 bits per heavy atom. The molecule has 0 saturated carbocycles. The third kappa shape index (κ3) is 5.25. The lowest BCUT2D eigenvalue weighted by molar-refractivity contribution is 0.0512. The van der Waals surface area contributed by atoms with Gasteiger partial charge in [0.1, 0.15) is 5.69 Å². The number of Topliss-reactive ketones (excluding diaryl/α,β-unsaturated/α-hetero) is 1. The molecule has 8 heteroatoms. The zero-order chi connectivity index (χ0) is 23.3. The number of carbonyl (C=O) groups is 2. The number of hydrogen-bond donors (Lipinski definition) is 0. The zero-order valence-corrected chi connectivity index (χ0v) is 20.0. The van der Waals surface area contributed by atoms with Crippen LogP contribution in [-0.2, 0) is 21.3 Å². The van der Waals surface area contributed by atoms with Crippen molar-refractivity contribution in [3.63, 3.8) is 0 Å². The Morgan fingerprint density at radius 3 is 2.23 bits per heavy atom. The number of sulfonamides is 1. The first-order chi connectivity index (χ1) is 14.6. The van der Waals surface area contributed by atoms with Gasteiger partial charge in [-0.05, 0) is 51.3 Å². The summed E-state index contributed by atoms with van der Waals surface area (Å²) in [5.41, 5.74) is 1.87. The van der Waals surface area contributed by atoms with Crippen molar-refractivity contribution in [3.8, 4) is 0 Å². The molecule has 0 atom stereocenters. The van der Waals surface area contributed by atoms with Gasteiger partial charge in [0.05, 0.1) is 18.0 Å². The quantitative estimate of drug-likeness (QED) is 0.407. The van der Waals surface area contributed by atoms with Gasteiger partial charge in [0.25, 0.3) is 0 Å². The van der Waals surface area contributed by atoms with Gasteiger partial charge < -0.3 is 9.30 Å². The van der Waals surface area contributed by atoms with Crippen molar-refractivity contribution in [3.05, 3.63) is 52.8 Å². The summed E-state index contributed by atoms with van der Waals surface area (Å²) in [4.78, 5) is 26.0. The van der Waals surface area contributed by atoms with Crippen LogP contribution < -0.4 is 0 Å². The van der Waals surface area contributed by atoms with Crippen molar-refractivity contribution < 1.29 is 22.7 Å². The predicted octanol–water partition coefficient (Wildman–Crippen LogP) is 3.83. The summed E-state index contributed by atoms with van der Waals surface area (Å²) in [5.74, 6) is -0.795. The van der Waals surface area contributed by atoms with E-state index in [1.165, 1.54) is 16.4 Å². The fourth-order valence-electron chi connectivity index (χ4n) is 3.80. The Labute approximate surface area is 185 Å². The number of benzene rings is 1. The highest BCUT2D eigenvalue weighted by Crippen LogP contribution is 2.25. The van der Waals surface area contributed by atoms with E-state index < -0.39 is 16.0 Å². The molecule has 0 N–H and O–H groups in total. The van der Waals surface area contributed by atoms with E-state index in [9.17, 15) is 18.0 Å². The minimum atomic E-state index is -3.84. The SMILES string of the molecule is CCOC(=O)c1c(C)c(C(=O)CN(CC(C)C)S(=O)(=O)c2ccccc2)c(C)n1CC. The summed E-state index contributed by atoms with van der Waals surface area (Å²) in [7, 11) is -3.84. The van der Waals surface area contributed by atoms with Crippen LogP contribution in [0.4, 0.5) is 0 Å². The average molecular weight is 449 g/mol. The van der Waals surface area contributed by atoms with E-state index in [1.807, 2.05) is 20.8 Å². The van der Waals surface area contributed by atoms with Gasteiger partial charge in [-0.1, -0.05) is 32.0 Å². The molecule has 31 heavy (non-hydrogen) atoms. The molecule has 1 heterocycles. The van der Waals surface area contributed by atoms with E-state index in [0.717, 1.165) is 0 Å². The number of aromatic nitrogens is 1. The van der Waals surface area contributed by atoms with Crippen LogP contribution in [0.2, 0.25) is 0 Å². The summed E-state index contributed by atoms with van der Waals surface area (Å²) >= 11 is 0. The summed E-state index contributed by atoms with van der Waals surface area (Å²) in [6.45, 7) is 11.5. The molecule has 0 aliphatic rings. The third-order valence-electron chi connectivity index (χ3n) is 5.10. The van der Waals surface area contributed by atoms with Gasteiger partial charge in [-0.2, -0.15) is 4.31 Å². The summed E-state index contributed by atoms with van der Waals surface area (Å²) in [6, 6.07) is 8.10. The first-order valence-corrected chi connectivity index (χ1v) is 11.9. The van der Waals surface area contributed by atoms with Crippen LogP contribution in [0, 0.1) is 19.8 Å². The Hall–Kier alpha value is -2.45. The smallest absolute Gasteiger partial charge is 0.355 e. The minimum absolute atomic E-state index is 0.0313. The lowest BCUT2D eigenvalue weighted by atomic mass is 10.1. The second kappa shape index (κ2) is 10.2. The summed E-state index contributed by atoms with van der Waals surface area (Å²) in [6.07, 6.45) is 0. The molecule has 0 aliphatic carbocycles. The molecular formula is C23H32N2O5S. The molecule has 2 aromatic rings. The van der Waals surface area contributed by atoms with Crippen LogP contribution in [0.5, 0.6) is 0 Å². The summed E-state index contributed by atoms with van der Waals surface area (Å²) in [5, 5.41) is 0. The molecule has 7 nitrogen and oxygen atoms in total. The number of nitrogens with zero attached hydrogens (tertiary/aromatic N) is 2. The maximum atomic E-state index is 13.3. The normalized spacial score (nSPS) is 11.9. The zero-order valence-electron chi connectivity index (χ0n) is 19.1. The summed E-state index contributed by atoms with van der Waals surface area (Å²) < 4.78 is 34.6. The van der Waals surface area contributed by atoms with E-state index in [-0.39, 0.29) is 36.3 Å². The number of hydrogen-bond acceptors (Lipinski definition) is 5. The predicted molar refractivity (Wildman–Crippen MR) is 120 cm³/mol. The van der Waals surface area contributed by atoms with Gasteiger partial charge in [-0.3, -0.25) is 4.79 Å². The van der Waals surface area contributed by atoms with Gasteiger partial charge in [0.2, 0.25) is 10.0 Å². The van der Waals surface area contributed by atoms with Gasteiger partial charge in [-0.15, -0.1) is 0 Å². The van der Waals surface area contributed by atoms with Gasteiger partial charge in [0, 0.05) is 24.3 Å². The second-order valence-corrected chi connectivity index (χ2v) is 9.76. The molecule has 0 spiro atoms. The van der Waals surface area contributed by atoms with E-state index in [2.05, 4.69) is 0 Å². The molecule has 0 radical (unpaired) electrons. The fourth-order valence-corrected chi connectivity index (χ4v) is 5.38. The van der Waals surface area contributed by atoms with Crippen molar-refractivity contribution in [1.29, 1.82) is 0 Å². The maximum Gasteiger partial charge on any atom is 0.355 e. The molecule has 0 fully saturated rings. The van der Waals surface area contributed by atoms with E-state index in [0.29, 0.717) is 29.1 Å². The Morgan fingerprint density at radius 1 is 1.10 bits per heavy atom. The average Bonchev–Trinajstić information content (AvgIpc) is 2.97. The molecule has 0 saturated heterocycles. The van der Waals surface area contributed by atoms with Crippen molar-refractivity contribution in [2.24, 2.45) is 5.92 Å². The standard InChI is InChI=1S/C23H32N2O5S/c1-7-25-18(6)21(17(5)22(25)23(27)30-8-2)20(26)15-24(14-16(3)4)31(28,29)19-12-10-9-11-13-19/h9-13,16H,7-8,14-15H2,1-6H3.